The van der Waals surface area contributed by atoms with Gasteiger partial charge in [0, 0.05) is 43.2 Å². The first-order valence-electron chi connectivity index (χ1n) is 9.60. The molecule has 0 saturated heterocycles. The molecule has 0 unspecified atom stereocenters. The Labute approximate surface area is 166 Å². The molecule has 1 N–H and O–H groups in total. The second-order valence-electron chi connectivity index (χ2n) is 8.58. The molecule has 5 nitrogen and oxygen atoms in total. The highest BCUT2D eigenvalue weighted by atomic mass is 32.2. The van der Waals surface area contributed by atoms with Gasteiger partial charge in [-0.1, -0.05) is 19.9 Å². The SMILES string of the molecule is CN(C)c1ccc2c(c1)C(C)(C)c1cc3c(cc1=C2)CCC[N+]=3CS(=O)(=O)O. The Kier molecular flexibility index (Phi) is 4.39. The van der Waals surface area contributed by atoms with E-state index >= 15 is 0 Å². The van der Waals surface area contributed by atoms with Gasteiger partial charge in [0.15, 0.2) is 0 Å². The molecule has 0 atom stereocenters. The summed E-state index contributed by atoms with van der Waals surface area (Å²) in [5.41, 5.74) is 5.79. The molecule has 0 radical (unpaired) electrons. The van der Waals surface area contributed by atoms with Crippen molar-refractivity contribution in [1.82, 2.24) is 4.58 Å². The summed E-state index contributed by atoms with van der Waals surface area (Å²) in [6.07, 6.45) is 4.04. The molecule has 6 heteroatoms. The molecule has 28 heavy (non-hydrogen) atoms. The molecular formula is C22H27N2O3S+. The second-order valence-corrected chi connectivity index (χ2v) is 10.0. The van der Waals surface area contributed by atoms with Gasteiger partial charge in [-0.2, -0.15) is 8.42 Å². The monoisotopic (exact) mass is 399 g/mol. The number of aryl methyl sites for hydroxylation is 1. The maximum Gasteiger partial charge on any atom is 0.326 e. The van der Waals surface area contributed by atoms with Crippen LogP contribution in [0.4, 0.5) is 5.69 Å². The first kappa shape index (κ1) is 19.2. The maximum absolute atomic E-state index is 11.5. The van der Waals surface area contributed by atoms with Crippen LogP contribution >= 0.6 is 0 Å². The first-order valence-corrected chi connectivity index (χ1v) is 11.2. The Balaban J connectivity index is 1.99. The summed E-state index contributed by atoms with van der Waals surface area (Å²) in [4.78, 5) is 2.10. The Morgan fingerprint density at radius 1 is 1.14 bits per heavy atom. The topological polar surface area (TPSA) is 60.6 Å². The van der Waals surface area contributed by atoms with E-state index in [0.29, 0.717) is 6.54 Å². The predicted molar refractivity (Wildman–Crippen MR) is 113 cm³/mol. The molecule has 2 aromatic carbocycles. The van der Waals surface area contributed by atoms with E-state index < -0.39 is 10.1 Å². The molecule has 0 spiro atoms. The fraction of sp³-hybridized carbons (Fsp3) is 0.409. The average Bonchev–Trinajstić information content (AvgIpc) is 2.59. The fourth-order valence-corrected chi connectivity index (χ4v) is 5.18. The lowest BCUT2D eigenvalue weighted by Gasteiger charge is -2.33. The van der Waals surface area contributed by atoms with Crippen molar-refractivity contribution in [3.63, 3.8) is 0 Å². The van der Waals surface area contributed by atoms with E-state index in [1.807, 2.05) is 14.1 Å². The van der Waals surface area contributed by atoms with Crippen LogP contribution in [0.1, 0.15) is 42.5 Å². The van der Waals surface area contributed by atoms with Gasteiger partial charge in [0.1, 0.15) is 6.54 Å². The van der Waals surface area contributed by atoms with Gasteiger partial charge >= 0.3 is 10.1 Å². The Morgan fingerprint density at radius 2 is 1.89 bits per heavy atom. The normalized spacial score (nSPS) is 17.2. The van der Waals surface area contributed by atoms with Crippen molar-refractivity contribution in [3.8, 4) is 0 Å². The van der Waals surface area contributed by atoms with Crippen LogP contribution < -0.4 is 20.1 Å². The highest BCUT2D eigenvalue weighted by Crippen LogP contribution is 2.36. The van der Waals surface area contributed by atoms with Gasteiger partial charge in [0.2, 0.25) is 5.36 Å². The highest BCUT2D eigenvalue weighted by molar-refractivity contribution is 7.85. The molecule has 1 heterocycles. The van der Waals surface area contributed by atoms with Crippen LogP contribution in [-0.4, -0.2) is 39.5 Å². The van der Waals surface area contributed by atoms with Crippen LogP contribution in [0, 0.1) is 0 Å². The van der Waals surface area contributed by atoms with Crippen molar-refractivity contribution in [2.45, 2.75) is 32.1 Å². The van der Waals surface area contributed by atoms with Gasteiger partial charge in [-0.05, 0) is 52.6 Å². The molecule has 2 aromatic rings. The fourth-order valence-electron chi connectivity index (χ4n) is 4.52. The van der Waals surface area contributed by atoms with Crippen molar-refractivity contribution in [2.24, 2.45) is 0 Å². The number of anilines is 1. The van der Waals surface area contributed by atoms with Crippen LogP contribution in [0.2, 0.25) is 0 Å². The molecule has 1 aliphatic carbocycles. The van der Waals surface area contributed by atoms with Gasteiger partial charge < -0.3 is 4.90 Å². The summed E-state index contributed by atoms with van der Waals surface area (Å²) < 4.78 is 34.1. The lowest BCUT2D eigenvalue weighted by molar-refractivity contribution is 0.461. The summed E-state index contributed by atoms with van der Waals surface area (Å²) in [5.74, 6) is -0.357. The van der Waals surface area contributed by atoms with E-state index in [0.717, 1.165) is 29.4 Å². The van der Waals surface area contributed by atoms with Gasteiger partial charge in [-0.3, -0.25) is 4.55 Å². The summed E-state index contributed by atoms with van der Waals surface area (Å²) in [6, 6.07) is 10.9. The third-order valence-electron chi connectivity index (χ3n) is 6.00. The molecule has 4 rings (SSSR count). The highest BCUT2D eigenvalue weighted by Gasteiger charge is 2.32. The third kappa shape index (κ3) is 3.25. The largest absolute Gasteiger partial charge is 0.378 e. The van der Waals surface area contributed by atoms with E-state index in [-0.39, 0.29) is 11.3 Å². The molecule has 148 valence electrons. The Hall–Kier alpha value is -2.18. The number of nitrogens with zero attached hydrogens (tertiary/aromatic N) is 2. The number of hydrogen-bond donors (Lipinski definition) is 1. The van der Waals surface area contributed by atoms with Gasteiger partial charge in [-0.15, -0.1) is 0 Å². The zero-order valence-corrected chi connectivity index (χ0v) is 17.7. The zero-order chi connectivity index (χ0) is 20.3. The van der Waals surface area contributed by atoms with Gasteiger partial charge in [0.05, 0.1) is 0 Å². The minimum absolute atomic E-state index is 0.207. The molecule has 0 aromatic heterocycles. The third-order valence-corrected chi connectivity index (χ3v) is 6.63. The Morgan fingerprint density at radius 3 is 2.57 bits per heavy atom. The first-order chi connectivity index (χ1) is 13.1. The summed E-state index contributed by atoms with van der Waals surface area (Å²) >= 11 is 0. The minimum atomic E-state index is -4.07. The van der Waals surface area contributed by atoms with E-state index in [1.54, 1.807) is 4.58 Å². The molecule has 0 amide bonds. The summed E-state index contributed by atoms with van der Waals surface area (Å²) in [6.45, 7) is 5.08. The molecule has 0 saturated carbocycles. The van der Waals surface area contributed by atoms with E-state index in [4.69, 9.17) is 0 Å². The van der Waals surface area contributed by atoms with Crippen LogP contribution in [0.3, 0.4) is 0 Å². The van der Waals surface area contributed by atoms with Crippen LogP contribution in [0.5, 0.6) is 0 Å². The van der Waals surface area contributed by atoms with E-state index in [2.05, 4.69) is 55.2 Å². The molecule has 0 bridgehead atoms. The second kappa shape index (κ2) is 6.42. The number of benzene rings is 2. The average molecular weight is 400 g/mol. The number of fused-ring (bicyclic) bond motifs is 3. The smallest absolute Gasteiger partial charge is 0.326 e. The predicted octanol–water partition coefficient (Wildman–Crippen LogP) is 1.50. The van der Waals surface area contributed by atoms with Crippen molar-refractivity contribution in [2.75, 3.05) is 31.4 Å². The van der Waals surface area contributed by atoms with Crippen molar-refractivity contribution >= 4 is 21.9 Å². The quantitative estimate of drug-likeness (QED) is 0.628. The lowest BCUT2D eigenvalue weighted by atomic mass is 9.71. The molecular weight excluding hydrogens is 372 g/mol. The standard InChI is InChI=1S/C22H26N2O3S/c1-22(2)19-12-18(23(3)4)8-7-15(19)10-17-11-16-6-5-9-24(14-28(25,26)27)21(16)13-20(17)22/h7-8,10-13H,5-6,9,14H2,1-4H3/p+1. The van der Waals surface area contributed by atoms with Crippen molar-refractivity contribution in [3.05, 3.63) is 63.2 Å². The minimum Gasteiger partial charge on any atom is -0.378 e. The number of hydrogen-bond acceptors (Lipinski definition) is 3. The maximum atomic E-state index is 11.5. The molecule has 0 fully saturated rings. The van der Waals surface area contributed by atoms with Crippen LogP contribution in [-0.2, 0) is 22.0 Å². The van der Waals surface area contributed by atoms with Gasteiger partial charge in [0.25, 0.3) is 5.88 Å². The van der Waals surface area contributed by atoms with Crippen molar-refractivity contribution < 1.29 is 13.0 Å². The lowest BCUT2D eigenvalue weighted by Crippen LogP contribution is -2.43. The van der Waals surface area contributed by atoms with E-state index in [1.165, 1.54) is 21.9 Å². The summed E-state index contributed by atoms with van der Waals surface area (Å²) in [7, 11) is 0.0133. The van der Waals surface area contributed by atoms with E-state index in [9.17, 15) is 13.0 Å². The van der Waals surface area contributed by atoms with Gasteiger partial charge in [-0.25, -0.2) is 4.58 Å². The molecule has 2 aliphatic rings. The van der Waals surface area contributed by atoms with Crippen molar-refractivity contribution in [1.29, 1.82) is 0 Å². The summed E-state index contributed by atoms with van der Waals surface area (Å²) in [5, 5.41) is 2.12. The Bertz CT molecular complexity index is 1200. The zero-order valence-electron chi connectivity index (χ0n) is 16.9. The number of rotatable bonds is 3. The molecule has 1 aliphatic heterocycles. The van der Waals surface area contributed by atoms with Crippen LogP contribution in [0.15, 0.2) is 30.3 Å². The van der Waals surface area contributed by atoms with Crippen LogP contribution in [0.25, 0.3) is 6.08 Å².